The van der Waals surface area contributed by atoms with Crippen molar-refractivity contribution in [3.63, 3.8) is 0 Å². The summed E-state index contributed by atoms with van der Waals surface area (Å²) in [5.74, 6) is 0.945. The predicted molar refractivity (Wildman–Crippen MR) is 83.5 cm³/mol. The molecule has 3 atom stereocenters. The number of nitriles is 1. The Hall–Kier alpha value is -0.590. The molecule has 1 aliphatic carbocycles. The minimum absolute atomic E-state index is 0.242. The first-order valence-corrected chi connectivity index (χ1v) is 8.63. The van der Waals surface area contributed by atoms with Crippen molar-refractivity contribution in [2.24, 2.45) is 5.92 Å². The fraction of sp³-hybridized carbons (Fsp3) is 0.941. The zero-order valence-electron chi connectivity index (χ0n) is 13.3. The van der Waals surface area contributed by atoms with Crippen LogP contribution in [0.15, 0.2) is 0 Å². The van der Waals surface area contributed by atoms with Crippen LogP contribution in [0.1, 0.15) is 65.2 Å². The highest BCUT2D eigenvalue weighted by molar-refractivity contribution is 5.13. The van der Waals surface area contributed by atoms with Crippen LogP contribution in [-0.4, -0.2) is 36.1 Å². The van der Waals surface area contributed by atoms with Crippen LogP contribution in [0, 0.1) is 17.2 Å². The van der Waals surface area contributed by atoms with Crippen LogP contribution in [0.2, 0.25) is 0 Å². The van der Waals surface area contributed by atoms with Crippen LogP contribution in [0.3, 0.4) is 0 Å². The Morgan fingerprint density at radius 2 is 2.10 bits per heavy atom. The highest BCUT2D eigenvalue weighted by atomic mass is 15.2. The number of nitrogens with one attached hydrogen (secondary N) is 1. The van der Waals surface area contributed by atoms with E-state index in [1.54, 1.807) is 0 Å². The largest absolute Gasteiger partial charge is 0.300 e. The molecule has 114 valence electrons. The maximum atomic E-state index is 9.50. The van der Waals surface area contributed by atoms with Crippen LogP contribution in [0.5, 0.6) is 0 Å². The Kier molecular flexibility index (Phi) is 5.86. The first-order valence-electron chi connectivity index (χ1n) is 8.63. The second kappa shape index (κ2) is 7.43. The zero-order valence-corrected chi connectivity index (χ0v) is 13.3. The summed E-state index contributed by atoms with van der Waals surface area (Å²) in [6.45, 7) is 7.81. The van der Waals surface area contributed by atoms with Crippen molar-refractivity contribution in [3.05, 3.63) is 0 Å². The van der Waals surface area contributed by atoms with Gasteiger partial charge in [0.1, 0.15) is 5.54 Å². The second-order valence-electron chi connectivity index (χ2n) is 6.74. The molecular weight excluding hydrogens is 246 g/mol. The molecule has 1 aliphatic heterocycles. The van der Waals surface area contributed by atoms with Gasteiger partial charge in [-0.2, -0.15) is 5.26 Å². The Morgan fingerprint density at radius 1 is 1.25 bits per heavy atom. The van der Waals surface area contributed by atoms with Crippen molar-refractivity contribution in [2.75, 3.05) is 19.6 Å². The first kappa shape index (κ1) is 15.8. The minimum atomic E-state index is -0.242. The van der Waals surface area contributed by atoms with Gasteiger partial charge in [0.05, 0.1) is 6.07 Å². The SMILES string of the molecule is CCCC1CCCN(C2CCC(C#N)(NCC)C2)CC1. The van der Waals surface area contributed by atoms with E-state index in [0.717, 1.165) is 25.3 Å². The van der Waals surface area contributed by atoms with E-state index >= 15 is 0 Å². The molecule has 0 spiro atoms. The van der Waals surface area contributed by atoms with Gasteiger partial charge in [-0.05, 0) is 64.1 Å². The van der Waals surface area contributed by atoms with Crippen molar-refractivity contribution in [2.45, 2.75) is 76.8 Å². The third-order valence-electron chi connectivity index (χ3n) is 5.31. The molecule has 0 amide bonds. The molecule has 1 N–H and O–H groups in total. The summed E-state index contributed by atoms with van der Waals surface area (Å²) in [6, 6.07) is 3.19. The van der Waals surface area contributed by atoms with E-state index in [-0.39, 0.29) is 5.54 Å². The van der Waals surface area contributed by atoms with Gasteiger partial charge in [-0.25, -0.2) is 0 Å². The third-order valence-corrected chi connectivity index (χ3v) is 5.31. The molecule has 2 fully saturated rings. The highest BCUT2D eigenvalue weighted by Gasteiger charge is 2.41. The normalized spacial score (nSPS) is 35.6. The summed E-state index contributed by atoms with van der Waals surface area (Å²) in [6.07, 6.45) is 10.1. The lowest BCUT2D eigenvalue weighted by atomic mass is 9.96. The van der Waals surface area contributed by atoms with E-state index in [1.807, 2.05) is 0 Å². The van der Waals surface area contributed by atoms with Crippen LogP contribution in [0.4, 0.5) is 0 Å². The van der Waals surface area contributed by atoms with Crippen LogP contribution < -0.4 is 5.32 Å². The Balaban J connectivity index is 1.88. The molecule has 1 saturated carbocycles. The summed E-state index contributed by atoms with van der Waals surface area (Å²) in [5.41, 5.74) is -0.242. The molecule has 0 aromatic rings. The lowest BCUT2D eigenvalue weighted by Gasteiger charge is -2.29. The van der Waals surface area contributed by atoms with E-state index in [1.165, 1.54) is 51.6 Å². The molecule has 3 heteroatoms. The second-order valence-corrected chi connectivity index (χ2v) is 6.74. The monoisotopic (exact) mass is 277 g/mol. The van der Waals surface area contributed by atoms with E-state index in [2.05, 4.69) is 30.1 Å². The quantitative estimate of drug-likeness (QED) is 0.838. The first-order chi connectivity index (χ1) is 9.73. The van der Waals surface area contributed by atoms with Gasteiger partial charge < -0.3 is 4.90 Å². The van der Waals surface area contributed by atoms with Crippen LogP contribution in [0.25, 0.3) is 0 Å². The van der Waals surface area contributed by atoms with Crippen molar-refractivity contribution < 1.29 is 0 Å². The number of nitrogens with zero attached hydrogens (tertiary/aromatic N) is 2. The van der Waals surface area contributed by atoms with Gasteiger partial charge in [0.15, 0.2) is 0 Å². The maximum absolute atomic E-state index is 9.50. The standard InChI is InChI=1S/C17H31N3/c1-3-6-15-7-5-11-20(12-9-15)16-8-10-17(13-16,14-18)19-4-2/h15-16,19H,3-13H2,1-2H3. The van der Waals surface area contributed by atoms with Gasteiger partial charge in [0.25, 0.3) is 0 Å². The van der Waals surface area contributed by atoms with Crippen LogP contribution in [-0.2, 0) is 0 Å². The number of hydrogen-bond acceptors (Lipinski definition) is 3. The lowest BCUT2D eigenvalue weighted by molar-refractivity contribution is 0.196. The van der Waals surface area contributed by atoms with Crippen molar-refractivity contribution in [1.82, 2.24) is 10.2 Å². The Bertz CT molecular complexity index is 336. The van der Waals surface area contributed by atoms with E-state index in [0.29, 0.717) is 6.04 Å². The molecule has 0 bridgehead atoms. The molecule has 2 rings (SSSR count). The topological polar surface area (TPSA) is 39.1 Å². The number of likely N-dealkylation sites (tertiary alicyclic amines) is 1. The smallest absolute Gasteiger partial charge is 0.108 e. The van der Waals surface area contributed by atoms with Crippen molar-refractivity contribution >= 4 is 0 Å². The van der Waals surface area contributed by atoms with E-state index < -0.39 is 0 Å². The summed E-state index contributed by atoms with van der Waals surface area (Å²) < 4.78 is 0. The Labute approximate surface area is 124 Å². The van der Waals surface area contributed by atoms with Crippen molar-refractivity contribution in [1.29, 1.82) is 5.26 Å². The minimum Gasteiger partial charge on any atom is -0.300 e. The maximum Gasteiger partial charge on any atom is 0.108 e. The van der Waals surface area contributed by atoms with Gasteiger partial charge in [-0.1, -0.05) is 26.7 Å². The third kappa shape index (κ3) is 3.74. The summed E-state index contributed by atoms with van der Waals surface area (Å²) in [4.78, 5) is 2.69. The average molecular weight is 277 g/mol. The molecule has 3 nitrogen and oxygen atoms in total. The molecule has 0 aromatic carbocycles. The zero-order chi connectivity index (χ0) is 14.4. The number of hydrogen-bond donors (Lipinski definition) is 1. The van der Waals surface area contributed by atoms with E-state index in [9.17, 15) is 5.26 Å². The van der Waals surface area contributed by atoms with Gasteiger partial charge in [0.2, 0.25) is 0 Å². The molecule has 2 aliphatic rings. The fourth-order valence-corrected chi connectivity index (χ4v) is 4.22. The molecule has 1 heterocycles. The molecule has 0 radical (unpaired) electrons. The molecule has 3 unspecified atom stereocenters. The van der Waals surface area contributed by atoms with Crippen molar-refractivity contribution in [3.8, 4) is 6.07 Å². The van der Waals surface area contributed by atoms with E-state index in [4.69, 9.17) is 0 Å². The highest BCUT2D eigenvalue weighted by Crippen LogP contribution is 2.34. The van der Waals surface area contributed by atoms with Crippen LogP contribution >= 0.6 is 0 Å². The number of rotatable bonds is 5. The van der Waals surface area contributed by atoms with Gasteiger partial charge >= 0.3 is 0 Å². The Morgan fingerprint density at radius 3 is 2.80 bits per heavy atom. The van der Waals surface area contributed by atoms with Gasteiger partial charge in [-0.3, -0.25) is 5.32 Å². The lowest BCUT2D eigenvalue weighted by Crippen LogP contribution is -2.44. The van der Waals surface area contributed by atoms with Gasteiger partial charge in [-0.15, -0.1) is 0 Å². The molecular formula is C17H31N3. The molecule has 0 aromatic heterocycles. The molecule has 1 saturated heterocycles. The summed E-state index contributed by atoms with van der Waals surface area (Å²) in [7, 11) is 0. The molecule has 20 heavy (non-hydrogen) atoms. The summed E-state index contributed by atoms with van der Waals surface area (Å²) >= 11 is 0. The predicted octanol–water partition coefficient (Wildman–Crippen LogP) is 3.31. The average Bonchev–Trinajstić information content (AvgIpc) is 2.73. The van der Waals surface area contributed by atoms with Gasteiger partial charge in [0, 0.05) is 6.04 Å². The fourth-order valence-electron chi connectivity index (χ4n) is 4.22. The summed E-state index contributed by atoms with van der Waals surface area (Å²) in [5, 5.41) is 12.9.